The van der Waals surface area contributed by atoms with Crippen LogP contribution in [0.3, 0.4) is 0 Å². The maximum absolute atomic E-state index is 5.93. The largest absolute Gasteiger partial charge is 0.328 e. The van der Waals surface area contributed by atoms with Gasteiger partial charge in [0.1, 0.15) is 0 Å². The molecule has 2 nitrogen and oxygen atoms in total. The predicted octanol–water partition coefficient (Wildman–Crippen LogP) is 1.78. The molecule has 2 heteroatoms. The van der Waals surface area contributed by atoms with Crippen molar-refractivity contribution in [2.24, 2.45) is 11.5 Å². The van der Waals surface area contributed by atoms with Crippen molar-refractivity contribution in [1.29, 1.82) is 0 Å². The van der Waals surface area contributed by atoms with Crippen LogP contribution >= 0.6 is 0 Å². The second kappa shape index (κ2) is 5.55. The lowest BCUT2D eigenvalue weighted by atomic mass is 9.96. The van der Waals surface area contributed by atoms with Crippen LogP contribution in [0, 0.1) is 0 Å². The third kappa shape index (κ3) is 4.07. The van der Waals surface area contributed by atoms with Gasteiger partial charge in [0.25, 0.3) is 0 Å². The van der Waals surface area contributed by atoms with Gasteiger partial charge in [-0.1, -0.05) is 25.7 Å². The van der Waals surface area contributed by atoms with Crippen LogP contribution < -0.4 is 11.5 Å². The van der Waals surface area contributed by atoms with E-state index >= 15 is 0 Å². The van der Waals surface area contributed by atoms with E-state index in [2.05, 4.69) is 0 Å². The molecule has 0 saturated heterocycles. The van der Waals surface area contributed by atoms with E-state index in [1.54, 1.807) is 0 Å². The summed E-state index contributed by atoms with van der Waals surface area (Å²) in [7, 11) is 0. The Morgan fingerprint density at radius 2 is 0.833 bits per heavy atom. The van der Waals surface area contributed by atoms with Crippen molar-refractivity contribution in [3.63, 3.8) is 0 Å². The van der Waals surface area contributed by atoms with Crippen LogP contribution in [0.25, 0.3) is 0 Å². The van der Waals surface area contributed by atoms with Gasteiger partial charge in [-0.25, -0.2) is 0 Å². The average molecular weight is 170 g/mol. The van der Waals surface area contributed by atoms with Crippen molar-refractivity contribution < 1.29 is 0 Å². The molecule has 0 spiro atoms. The molecule has 12 heavy (non-hydrogen) atoms. The van der Waals surface area contributed by atoms with Gasteiger partial charge < -0.3 is 11.5 Å². The topological polar surface area (TPSA) is 52.0 Å². The van der Waals surface area contributed by atoms with Gasteiger partial charge in [0.2, 0.25) is 0 Å². The lowest BCUT2D eigenvalue weighted by Crippen LogP contribution is -2.23. The molecular formula is C10H22N2. The van der Waals surface area contributed by atoms with Crippen LogP contribution in [0.2, 0.25) is 0 Å². The predicted molar refractivity (Wildman–Crippen MR) is 52.9 cm³/mol. The highest BCUT2D eigenvalue weighted by atomic mass is 14.6. The molecule has 0 aromatic heterocycles. The minimum absolute atomic E-state index is 0.458. The third-order valence-corrected chi connectivity index (χ3v) is 2.80. The Hall–Kier alpha value is -0.0800. The summed E-state index contributed by atoms with van der Waals surface area (Å²) in [6.07, 6.45) is 9.90. The Kier molecular flexibility index (Phi) is 4.62. The number of hydrogen-bond acceptors (Lipinski definition) is 2. The van der Waals surface area contributed by atoms with E-state index in [4.69, 9.17) is 11.5 Å². The van der Waals surface area contributed by atoms with Crippen molar-refractivity contribution in [1.82, 2.24) is 0 Å². The first-order valence-electron chi connectivity index (χ1n) is 5.30. The van der Waals surface area contributed by atoms with Crippen LogP contribution in [0.15, 0.2) is 0 Å². The summed E-state index contributed by atoms with van der Waals surface area (Å²) in [5, 5.41) is 0. The quantitative estimate of drug-likeness (QED) is 0.582. The molecule has 1 aliphatic rings. The molecule has 72 valence electrons. The fourth-order valence-corrected chi connectivity index (χ4v) is 1.91. The lowest BCUT2D eigenvalue weighted by molar-refractivity contribution is 0.432. The average Bonchev–Trinajstić information content (AvgIpc) is 2.06. The zero-order valence-electron chi connectivity index (χ0n) is 7.97. The Bertz CT molecular complexity index is 88.4. The monoisotopic (exact) mass is 170 g/mol. The van der Waals surface area contributed by atoms with E-state index in [0.29, 0.717) is 12.1 Å². The van der Waals surface area contributed by atoms with Gasteiger partial charge in [0.05, 0.1) is 0 Å². The van der Waals surface area contributed by atoms with Crippen LogP contribution in [0.1, 0.15) is 51.4 Å². The first-order chi connectivity index (χ1) is 5.79. The fraction of sp³-hybridized carbons (Fsp3) is 1.00. The second-order valence-corrected chi connectivity index (χ2v) is 4.09. The molecule has 0 unspecified atom stereocenters. The van der Waals surface area contributed by atoms with Crippen molar-refractivity contribution in [2.75, 3.05) is 0 Å². The summed E-state index contributed by atoms with van der Waals surface area (Å²) in [6.45, 7) is 0. The fourth-order valence-electron chi connectivity index (χ4n) is 1.91. The molecular weight excluding hydrogens is 148 g/mol. The van der Waals surface area contributed by atoms with Crippen molar-refractivity contribution >= 4 is 0 Å². The lowest BCUT2D eigenvalue weighted by Gasteiger charge is -2.16. The van der Waals surface area contributed by atoms with E-state index in [1.165, 1.54) is 51.4 Å². The van der Waals surface area contributed by atoms with Crippen LogP contribution in [-0.2, 0) is 0 Å². The van der Waals surface area contributed by atoms with Crippen molar-refractivity contribution in [3.8, 4) is 0 Å². The van der Waals surface area contributed by atoms with E-state index in [9.17, 15) is 0 Å². The second-order valence-electron chi connectivity index (χ2n) is 4.09. The number of hydrogen-bond donors (Lipinski definition) is 2. The molecule has 1 fully saturated rings. The van der Waals surface area contributed by atoms with E-state index in [0.717, 1.165) is 0 Å². The minimum Gasteiger partial charge on any atom is -0.328 e. The molecule has 0 aromatic rings. The molecule has 1 saturated carbocycles. The Balaban J connectivity index is 2.20. The molecule has 0 heterocycles. The number of nitrogens with two attached hydrogens (primary N) is 2. The molecule has 0 amide bonds. The molecule has 0 aromatic carbocycles. The summed E-state index contributed by atoms with van der Waals surface area (Å²) in [4.78, 5) is 0. The summed E-state index contributed by atoms with van der Waals surface area (Å²) in [6, 6.07) is 0.915. The summed E-state index contributed by atoms with van der Waals surface area (Å²) < 4.78 is 0. The van der Waals surface area contributed by atoms with E-state index in [1.807, 2.05) is 0 Å². The minimum atomic E-state index is 0.458. The van der Waals surface area contributed by atoms with Crippen LogP contribution in [0.4, 0.5) is 0 Å². The van der Waals surface area contributed by atoms with Crippen LogP contribution in [0.5, 0.6) is 0 Å². The molecule has 0 aliphatic heterocycles. The van der Waals surface area contributed by atoms with Gasteiger partial charge in [-0.2, -0.15) is 0 Å². The van der Waals surface area contributed by atoms with E-state index < -0.39 is 0 Å². The van der Waals surface area contributed by atoms with Crippen molar-refractivity contribution in [2.45, 2.75) is 63.5 Å². The zero-order valence-corrected chi connectivity index (χ0v) is 7.97. The smallest absolute Gasteiger partial charge is 0.00388 e. The highest BCUT2D eigenvalue weighted by molar-refractivity contribution is 4.68. The summed E-state index contributed by atoms with van der Waals surface area (Å²) in [5.74, 6) is 0. The standard InChI is InChI=1S/C10H22N2/c11-9-5-1-2-6-10(12)8-4-3-7-9/h9-10H,1-8,11-12H2. The Morgan fingerprint density at radius 1 is 0.583 bits per heavy atom. The summed E-state index contributed by atoms with van der Waals surface area (Å²) in [5.41, 5.74) is 11.9. The molecule has 1 aliphatic carbocycles. The van der Waals surface area contributed by atoms with Gasteiger partial charge in [-0.3, -0.25) is 0 Å². The zero-order chi connectivity index (χ0) is 8.81. The third-order valence-electron chi connectivity index (χ3n) is 2.80. The van der Waals surface area contributed by atoms with Gasteiger partial charge >= 0.3 is 0 Å². The molecule has 0 bridgehead atoms. The first kappa shape index (κ1) is 10.0. The van der Waals surface area contributed by atoms with Gasteiger partial charge in [0.15, 0.2) is 0 Å². The van der Waals surface area contributed by atoms with E-state index in [-0.39, 0.29) is 0 Å². The normalized spacial score (nSPS) is 34.5. The number of rotatable bonds is 0. The summed E-state index contributed by atoms with van der Waals surface area (Å²) >= 11 is 0. The maximum Gasteiger partial charge on any atom is 0.00388 e. The molecule has 1 rings (SSSR count). The highest BCUT2D eigenvalue weighted by Crippen LogP contribution is 2.15. The molecule has 0 atom stereocenters. The Morgan fingerprint density at radius 3 is 1.08 bits per heavy atom. The van der Waals surface area contributed by atoms with Gasteiger partial charge in [-0.15, -0.1) is 0 Å². The molecule has 4 N–H and O–H groups in total. The highest BCUT2D eigenvalue weighted by Gasteiger charge is 2.08. The van der Waals surface area contributed by atoms with Gasteiger partial charge in [-0.05, 0) is 25.7 Å². The SMILES string of the molecule is NC1CCCCC(N)CCCC1. The van der Waals surface area contributed by atoms with Crippen LogP contribution in [-0.4, -0.2) is 12.1 Å². The van der Waals surface area contributed by atoms with Crippen molar-refractivity contribution in [3.05, 3.63) is 0 Å². The Labute approximate surface area is 75.7 Å². The van der Waals surface area contributed by atoms with Gasteiger partial charge in [0, 0.05) is 12.1 Å². The maximum atomic E-state index is 5.93. The first-order valence-corrected chi connectivity index (χ1v) is 5.30. The molecule has 0 radical (unpaired) electrons.